The second kappa shape index (κ2) is 7.83. The molecular weight excluding hydrogens is 306 g/mol. The van der Waals surface area contributed by atoms with E-state index in [1.54, 1.807) is 7.11 Å². The molecule has 2 heterocycles. The molecule has 0 radical (unpaired) electrons. The number of likely N-dealkylation sites (tertiary alicyclic amines) is 1. The Morgan fingerprint density at radius 2 is 1.96 bits per heavy atom. The minimum atomic E-state index is -0.0530. The third-order valence-electron chi connectivity index (χ3n) is 5.78. The van der Waals surface area contributed by atoms with Crippen molar-refractivity contribution in [1.82, 2.24) is 15.5 Å². The molecule has 3 fully saturated rings. The molecule has 1 saturated carbocycles. The lowest BCUT2D eigenvalue weighted by Gasteiger charge is -2.38. The third kappa shape index (κ3) is 4.28. The van der Waals surface area contributed by atoms with Gasteiger partial charge in [0.25, 0.3) is 0 Å². The Bertz CT molecular complexity index is 453. The number of amides is 2. The fourth-order valence-electron chi connectivity index (χ4n) is 4.03. The molecule has 0 aromatic heterocycles. The largest absolute Gasteiger partial charge is 0.384 e. The maximum absolute atomic E-state index is 12.6. The van der Waals surface area contributed by atoms with Gasteiger partial charge in [-0.25, -0.2) is 0 Å². The Balaban J connectivity index is 1.50. The van der Waals surface area contributed by atoms with Gasteiger partial charge in [0.05, 0.1) is 12.5 Å². The molecular formula is C18H31N3O3. The fraction of sp³-hybridized carbons (Fsp3) is 0.889. The number of nitrogens with one attached hydrogen (secondary N) is 2. The minimum absolute atomic E-state index is 0.0495. The van der Waals surface area contributed by atoms with Gasteiger partial charge in [-0.15, -0.1) is 0 Å². The van der Waals surface area contributed by atoms with Crippen molar-refractivity contribution < 1.29 is 14.3 Å². The van der Waals surface area contributed by atoms with Crippen LogP contribution in [0, 0.1) is 17.3 Å². The van der Waals surface area contributed by atoms with Gasteiger partial charge in [0.1, 0.15) is 0 Å². The standard InChI is InChI=1S/C18H31N3O3/c1-24-13-18(6-8-19-9-7-18)12-20-16(22)15-3-2-10-21(11-15)17(23)14-4-5-14/h14-15,19H,2-13H2,1H3,(H,20,22). The van der Waals surface area contributed by atoms with Gasteiger partial charge in [0.15, 0.2) is 0 Å². The van der Waals surface area contributed by atoms with E-state index >= 15 is 0 Å². The molecule has 3 aliphatic rings. The lowest BCUT2D eigenvalue weighted by Crippen LogP contribution is -2.50. The van der Waals surface area contributed by atoms with E-state index in [0.717, 1.165) is 58.2 Å². The molecule has 1 aliphatic carbocycles. The Kier molecular flexibility index (Phi) is 5.76. The van der Waals surface area contributed by atoms with Crippen LogP contribution in [0.1, 0.15) is 38.5 Å². The highest BCUT2D eigenvalue weighted by molar-refractivity contribution is 5.83. The van der Waals surface area contributed by atoms with Gasteiger partial charge < -0.3 is 20.3 Å². The van der Waals surface area contributed by atoms with Gasteiger partial charge >= 0.3 is 0 Å². The number of ether oxygens (including phenoxy) is 1. The monoisotopic (exact) mass is 337 g/mol. The second-order valence-corrected chi connectivity index (χ2v) is 7.80. The normalized spacial score (nSPS) is 26.9. The molecule has 0 spiro atoms. The summed E-state index contributed by atoms with van der Waals surface area (Å²) >= 11 is 0. The van der Waals surface area contributed by atoms with Gasteiger partial charge in [0.2, 0.25) is 11.8 Å². The minimum Gasteiger partial charge on any atom is -0.384 e. The smallest absolute Gasteiger partial charge is 0.225 e. The first-order valence-corrected chi connectivity index (χ1v) is 9.40. The number of nitrogens with zero attached hydrogens (tertiary/aromatic N) is 1. The predicted octanol–water partition coefficient (Wildman–Crippen LogP) is 0.767. The van der Waals surface area contributed by atoms with E-state index in [1.165, 1.54) is 0 Å². The number of rotatable bonds is 6. The van der Waals surface area contributed by atoms with E-state index in [0.29, 0.717) is 19.7 Å². The molecule has 24 heavy (non-hydrogen) atoms. The quantitative estimate of drug-likeness (QED) is 0.751. The molecule has 0 aromatic carbocycles. The first-order valence-electron chi connectivity index (χ1n) is 9.40. The molecule has 136 valence electrons. The predicted molar refractivity (Wildman–Crippen MR) is 91.5 cm³/mol. The Labute approximate surface area is 144 Å². The number of hydrogen-bond donors (Lipinski definition) is 2. The van der Waals surface area contributed by atoms with Crippen LogP contribution in [0.4, 0.5) is 0 Å². The zero-order chi connectivity index (χ0) is 17.0. The van der Waals surface area contributed by atoms with Crippen LogP contribution < -0.4 is 10.6 Å². The highest BCUT2D eigenvalue weighted by Crippen LogP contribution is 2.33. The molecule has 2 N–H and O–H groups in total. The van der Waals surface area contributed by atoms with E-state index in [9.17, 15) is 9.59 Å². The van der Waals surface area contributed by atoms with Crippen molar-refractivity contribution in [1.29, 1.82) is 0 Å². The number of carbonyl (C=O) groups excluding carboxylic acids is 2. The topological polar surface area (TPSA) is 70.7 Å². The number of methoxy groups -OCH3 is 1. The van der Waals surface area contributed by atoms with Crippen LogP contribution in [-0.2, 0) is 14.3 Å². The molecule has 2 aliphatic heterocycles. The average molecular weight is 337 g/mol. The Morgan fingerprint density at radius 3 is 2.62 bits per heavy atom. The maximum atomic E-state index is 12.6. The maximum Gasteiger partial charge on any atom is 0.225 e. The van der Waals surface area contributed by atoms with Crippen LogP contribution in [0.5, 0.6) is 0 Å². The summed E-state index contributed by atoms with van der Waals surface area (Å²) in [5.41, 5.74) is 0.0495. The number of carbonyl (C=O) groups is 2. The van der Waals surface area contributed by atoms with Crippen LogP contribution in [0.15, 0.2) is 0 Å². The Hall–Kier alpha value is -1.14. The van der Waals surface area contributed by atoms with E-state index in [-0.39, 0.29) is 29.1 Å². The van der Waals surface area contributed by atoms with Crippen LogP contribution in [0.3, 0.4) is 0 Å². The average Bonchev–Trinajstić information content (AvgIpc) is 3.45. The summed E-state index contributed by atoms with van der Waals surface area (Å²) in [5, 5.41) is 6.54. The summed E-state index contributed by atoms with van der Waals surface area (Å²) in [7, 11) is 1.73. The second-order valence-electron chi connectivity index (χ2n) is 7.80. The van der Waals surface area contributed by atoms with Crippen LogP contribution in [0.2, 0.25) is 0 Å². The van der Waals surface area contributed by atoms with Crippen molar-refractivity contribution in [2.24, 2.45) is 17.3 Å². The molecule has 6 heteroatoms. The lowest BCUT2D eigenvalue weighted by atomic mass is 9.79. The van der Waals surface area contributed by atoms with Crippen molar-refractivity contribution in [3.8, 4) is 0 Å². The molecule has 1 unspecified atom stereocenters. The van der Waals surface area contributed by atoms with E-state index in [4.69, 9.17) is 4.74 Å². The number of piperidine rings is 2. The van der Waals surface area contributed by atoms with E-state index in [1.807, 2.05) is 4.90 Å². The SMILES string of the molecule is COCC1(CNC(=O)C2CCCN(C(=O)C3CC3)C2)CCNCC1. The molecule has 0 bridgehead atoms. The molecule has 2 saturated heterocycles. The lowest BCUT2D eigenvalue weighted by molar-refractivity contribution is -0.137. The summed E-state index contributed by atoms with van der Waals surface area (Å²) in [6.45, 7) is 4.73. The van der Waals surface area contributed by atoms with Crippen LogP contribution in [0.25, 0.3) is 0 Å². The van der Waals surface area contributed by atoms with Crippen molar-refractivity contribution in [2.75, 3.05) is 46.4 Å². The Morgan fingerprint density at radius 1 is 1.21 bits per heavy atom. The zero-order valence-corrected chi connectivity index (χ0v) is 14.8. The number of hydrogen-bond acceptors (Lipinski definition) is 4. The third-order valence-corrected chi connectivity index (χ3v) is 5.78. The van der Waals surface area contributed by atoms with Crippen molar-refractivity contribution >= 4 is 11.8 Å². The highest BCUT2D eigenvalue weighted by atomic mass is 16.5. The summed E-state index contributed by atoms with van der Waals surface area (Å²) in [4.78, 5) is 26.8. The molecule has 1 atom stereocenters. The van der Waals surface area contributed by atoms with E-state index < -0.39 is 0 Å². The zero-order valence-electron chi connectivity index (χ0n) is 14.8. The van der Waals surface area contributed by atoms with Crippen LogP contribution in [-0.4, -0.2) is 63.2 Å². The first-order chi connectivity index (χ1) is 11.6. The van der Waals surface area contributed by atoms with Gasteiger partial charge in [-0.3, -0.25) is 9.59 Å². The summed E-state index contributed by atoms with van der Waals surface area (Å²) in [6, 6.07) is 0. The first kappa shape index (κ1) is 17.7. The van der Waals surface area contributed by atoms with Gasteiger partial charge in [-0.05, 0) is 51.6 Å². The molecule has 6 nitrogen and oxygen atoms in total. The van der Waals surface area contributed by atoms with Crippen molar-refractivity contribution in [3.05, 3.63) is 0 Å². The van der Waals surface area contributed by atoms with E-state index in [2.05, 4.69) is 10.6 Å². The van der Waals surface area contributed by atoms with Gasteiger partial charge in [0, 0.05) is 38.1 Å². The molecule has 0 aromatic rings. The van der Waals surface area contributed by atoms with Gasteiger partial charge in [-0.1, -0.05) is 0 Å². The molecule has 2 amide bonds. The van der Waals surface area contributed by atoms with Crippen LogP contribution >= 0.6 is 0 Å². The molecule has 3 rings (SSSR count). The summed E-state index contributed by atoms with van der Waals surface area (Å²) in [6.07, 6.45) is 5.93. The fourth-order valence-corrected chi connectivity index (χ4v) is 4.03. The van der Waals surface area contributed by atoms with Crippen molar-refractivity contribution in [2.45, 2.75) is 38.5 Å². The summed E-state index contributed by atoms with van der Waals surface area (Å²) < 4.78 is 5.41. The highest BCUT2D eigenvalue weighted by Gasteiger charge is 2.37. The van der Waals surface area contributed by atoms with Crippen molar-refractivity contribution in [3.63, 3.8) is 0 Å². The van der Waals surface area contributed by atoms with Gasteiger partial charge in [-0.2, -0.15) is 0 Å². The summed E-state index contributed by atoms with van der Waals surface area (Å²) in [5.74, 6) is 0.563.